The highest BCUT2D eigenvalue weighted by molar-refractivity contribution is 7.21. The lowest BCUT2D eigenvalue weighted by molar-refractivity contribution is -0.140. The molecule has 38 heavy (non-hydrogen) atoms. The van der Waals surface area contributed by atoms with Crippen molar-refractivity contribution in [3.63, 3.8) is 0 Å². The molecule has 0 unspecified atom stereocenters. The molecule has 2 N–H and O–H groups in total. The van der Waals surface area contributed by atoms with Gasteiger partial charge in [-0.3, -0.25) is 4.79 Å². The summed E-state index contributed by atoms with van der Waals surface area (Å²) in [6.45, 7) is 0. The van der Waals surface area contributed by atoms with Crippen LogP contribution >= 0.6 is 22.7 Å². The highest BCUT2D eigenvalue weighted by atomic mass is 32.1. The summed E-state index contributed by atoms with van der Waals surface area (Å²) < 4.78 is 46.4. The monoisotopic (exact) mass is 551 g/mol. The van der Waals surface area contributed by atoms with Gasteiger partial charge >= 0.3 is 12.1 Å². The fraction of sp³-hybridized carbons (Fsp3) is 0.0741. The maximum absolute atomic E-state index is 13.6. The van der Waals surface area contributed by atoms with E-state index in [-0.39, 0.29) is 15.5 Å². The van der Waals surface area contributed by atoms with E-state index in [1.54, 1.807) is 72.1 Å². The zero-order valence-electron chi connectivity index (χ0n) is 19.2. The summed E-state index contributed by atoms with van der Waals surface area (Å²) in [4.78, 5) is 30.4. The van der Waals surface area contributed by atoms with Gasteiger partial charge in [-0.25, -0.2) is 9.78 Å². The number of carbonyl (C=O) groups is 2. The third-order valence-electron chi connectivity index (χ3n) is 5.92. The predicted molar refractivity (Wildman–Crippen MR) is 140 cm³/mol. The number of carbonyl (C=O) groups excluding carboxylic acids is 2. The van der Waals surface area contributed by atoms with Gasteiger partial charge in [0.2, 0.25) is 0 Å². The van der Waals surface area contributed by atoms with Gasteiger partial charge in [-0.05, 0) is 47.3 Å². The van der Waals surface area contributed by atoms with Crippen molar-refractivity contribution in [3.8, 4) is 16.2 Å². The molecule has 0 radical (unpaired) electrons. The van der Waals surface area contributed by atoms with Gasteiger partial charge in [0.15, 0.2) is 0 Å². The van der Waals surface area contributed by atoms with Crippen LogP contribution in [0.1, 0.15) is 37.5 Å². The number of thiophene rings is 2. The molecular formula is C27H16F3N3O3S2. The topological polar surface area (TPSA) is 80.3 Å². The molecule has 6 nitrogen and oxygen atoms in total. The van der Waals surface area contributed by atoms with Crippen LogP contribution in [0, 0.1) is 0 Å². The average Bonchev–Trinajstić information content (AvgIpc) is 3.57. The van der Waals surface area contributed by atoms with E-state index in [4.69, 9.17) is 4.74 Å². The van der Waals surface area contributed by atoms with E-state index in [9.17, 15) is 22.8 Å². The SMILES string of the molecule is O=C(Oc1cccc([C@@H]2NC(=O)c3sc4nc(C(F)(F)F)cc(-c5cccs5)c4c3N2)c1)c1ccccc1. The molecule has 11 heteroatoms. The molecule has 0 bridgehead atoms. The van der Waals surface area contributed by atoms with Gasteiger partial charge in [0.05, 0.1) is 11.3 Å². The zero-order valence-corrected chi connectivity index (χ0v) is 20.8. The Bertz CT molecular complexity index is 1680. The number of anilines is 1. The smallest absolute Gasteiger partial charge is 0.423 e. The Morgan fingerprint density at radius 2 is 1.79 bits per heavy atom. The Balaban J connectivity index is 1.38. The van der Waals surface area contributed by atoms with Gasteiger partial charge in [-0.2, -0.15) is 13.2 Å². The van der Waals surface area contributed by atoms with Gasteiger partial charge in [0.25, 0.3) is 5.91 Å². The molecule has 0 spiro atoms. The number of hydrogen-bond acceptors (Lipinski definition) is 7. The quantitative estimate of drug-likeness (QED) is 0.184. The number of fused-ring (bicyclic) bond motifs is 3. The molecule has 2 aromatic carbocycles. The Morgan fingerprint density at radius 1 is 0.974 bits per heavy atom. The second-order valence-corrected chi connectivity index (χ2v) is 10.3. The van der Waals surface area contributed by atoms with E-state index in [1.807, 2.05) is 0 Å². The first kappa shape index (κ1) is 24.1. The zero-order chi connectivity index (χ0) is 26.4. The molecule has 0 aliphatic carbocycles. The van der Waals surface area contributed by atoms with Gasteiger partial charge in [0.1, 0.15) is 27.3 Å². The number of nitrogens with one attached hydrogen (secondary N) is 2. The maximum atomic E-state index is 13.6. The first-order valence-corrected chi connectivity index (χ1v) is 13.0. The maximum Gasteiger partial charge on any atom is 0.433 e. The van der Waals surface area contributed by atoms with Crippen LogP contribution in [0.2, 0.25) is 0 Å². The molecule has 1 aliphatic rings. The van der Waals surface area contributed by atoms with E-state index in [1.165, 1.54) is 11.3 Å². The van der Waals surface area contributed by atoms with Crippen molar-refractivity contribution in [1.82, 2.24) is 10.3 Å². The molecular weight excluding hydrogens is 535 g/mol. The second-order valence-electron chi connectivity index (χ2n) is 8.40. The summed E-state index contributed by atoms with van der Waals surface area (Å²) in [5, 5.41) is 8.32. The Morgan fingerprint density at radius 3 is 2.53 bits per heavy atom. The molecule has 1 amide bonds. The van der Waals surface area contributed by atoms with Crippen molar-refractivity contribution in [2.75, 3.05) is 5.32 Å². The predicted octanol–water partition coefficient (Wildman–Crippen LogP) is 7.12. The molecule has 0 saturated heterocycles. The minimum absolute atomic E-state index is 0.113. The van der Waals surface area contributed by atoms with E-state index in [0.717, 1.165) is 17.4 Å². The first-order valence-electron chi connectivity index (χ1n) is 11.3. The lowest BCUT2D eigenvalue weighted by Crippen LogP contribution is -2.37. The van der Waals surface area contributed by atoms with Gasteiger partial charge in [0, 0.05) is 15.8 Å². The first-order chi connectivity index (χ1) is 18.3. The van der Waals surface area contributed by atoms with Gasteiger partial charge in [-0.1, -0.05) is 36.4 Å². The highest BCUT2D eigenvalue weighted by Crippen LogP contribution is 2.46. The van der Waals surface area contributed by atoms with Crippen LogP contribution in [0.25, 0.3) is 20.7 Å². The third kappa shape index (κ3) is 4.39. The molecule has 1 aliphatic heterocycles. The van der Waals surface area contributed by atoms with E-state index >= 15 is 0 Å². The number of ether oxygens (including phenoxy) is 1. The summed E-state index contributed by atoms with van der Waals surface area (Å²) in [5.74, 6) is -0.685. The molecule has 3 aromatic heterocycles. The van der Waals surface area contributed by atoms with Crippen LogP contribution in [0.5, 0.6) is 5.75 Å². The summed E-state index contributed by atoms with van der Waals surface area (Å²) >= 11 is 2.21. The fourth-order valence-corrected chi connectivity index (χ4v) is 6.02. The van der Waals surface area contributed by atoms with Crippen LogP contribution in [0.3, 0.4) is 0 Å². The number of amides is 1. The largest absolute Gasteiger partial charge is 0.433 e. The molecule has 6 rings (SSSR count). The van der Waals surface area contributed by atoms with Crippen LogP contribution < -0.4 is 15.4 Å². The van der Waals surface area contributed by atoms with Crippen molar-refractivity contribution in [2.24, 2.45) is 0 Å². The summed E-state index contributed by atoms with van der Waals surface area (Å²) in [6.07, 6.45) is -5.36. The standard InChI is InChI=1S/C27H16F3N3O3S2/c28-27(29,30)19-13-17(18-10-5-11-37-18)20-21-22(38-25(20)31-19)24(34)33-23(32-21)15-8-4-9-16(12-15)36-26(35)14-6-2-1-3-7-14/h1-13,23,32H,(H,33,34)/t23-/m0/s1. The van der Waals surface area contributed by atoms with Crippen LogP contribution in [0.4, 0.5) is 18.9 Å². The van der Waals surface area contributed by atoms with Crippen molar-refractivity contribution in [1.29, 1.82) is 0 Å². The average molecular weight is 552 g/mol. The third-order valence-corrected chi connectivity index (χ3v) is 7.91. The van der Waals surface area contributed by atoms with Gasteiger partial charge in [-0.15, -0.1) is 22.7 Å². The highest BCUT2D eigenvalue weighted by Gasteiger charge is 2.36. The molecule has 4 heterocycles. The number of aromatic nitrogens is 1. The van der Waals surface area contributed by atoms with Crippen LogP contribution in [-0.4, -0.2) is 16.9 Å². The van der Waals surface area contributed by atoms with Crippen molar-refractivity contribution in [3.05, 3.63) is 99.9 Å². The summed E-state index contributed by atoms with van der Waals surface area (Å²) in [6, 6.07) is 19.7. The number of pyridine rings is 1. The molecule has 190 valence electrons. The molecule has 0 fully saturated rings. The van der Waals surface area contributed by atoms with E-state index < -0.39 is 29.9 Å². The second kappa shape index (κ2) is 9.26. The summed E-state index contributed by atoms with van der Waals surface area (Å²) in [5.41, 5.74) is 0.732. The van der Waals surface area contributed by atoms with E-state index in [0.29, 0.717) is 32.6 Å². The number of halogens is 3. The number of benzene rings is 2. The number of rotatable bonds is 4. The number of hydrogen-bond donors (Lipinski definition) is 2. The number of nitrogens with zero attached hydrogens (tertiary/aromatic N) is 1. The molecule has 5 aromatic rings. The minimum atomic E-state index is -4.64. The summed E-state index contributed by atoms with van der Waals surface area (Å²) in [7, 11) is 0. The van der Waals surface area contributed by atoms with Crippen LogP contribution in [0.15, 0.2) is 78.2 Å². The van der Waals surface area contributed by atoms with Crippen molar-refractivity contribution >= 4 is 50.5 Å². The van der Waals surface area contributed by atoms with E-state index in [2.05, 4.69) is 15.6 Å². The number of esters is 1. The Hall–Kier alpha value is -4.22. The lowest BCUT2D eigenvalue weighted by atomic mass is 10.0. The molecule has 0 saturated carbocycles. The van der Waals surface area contributed by atoms with Crippen molar-refractivity contribution < 1.29 is 27.5 Å². The minimum Gasteiger partial charge on any atom is -0.423 e. The van der Waals surface area contributed by atoms with Crippen LogP contribution in [-0.2, 0) is 6.18 Å². The molecule has 1 atom stereocenters. The fourth-order valence-electron chi connectivity index (χ4n) is 4.21. The Labute approximate surface area is 221 Å². The van der Waals surface area contributed by atoms with Crippen molar-refractivity contribution in [2.45, 2.75) is 12.3 Å². The lowest BCUT2D eigenvalue weighted by Gasteiger charge is -2.27. The van der Waals surface area contributed by atoms with Gasteiger partial charge < -0.3 is 15.4 Å². The Kier molecular flexibility index (Phi) is 5.88. The number of alkyl halides is 3. The normalized spacial score (nSPS) is 15.0.